The summed E-state index contributed by atoms with van der Waals surface area (Å²) < 4.78 is 6.24. The first-order chi connectivity index (χ1) is 15.3. The van der Waals surface area contributed by atoms with Crippen LogP contribution in [0.4, 0.5) is 0 Å². The Morgan fingerprint density at radius 1 is 1.03 bits per heavy atom. The normalized spacial score (nSPS) is 22.0. The van der Waals surface area contributed by atoms with Crippen LogP contribution in [0.3, 0.4) is 0 Å². The van der Waals surface area contributed by atoms with Gasteiger partial charge in [0.05, 0.1) is 18.8 Å². The Kier molecular flexibility index (Phi) is 5.78. The third-order valence-corrected chi connectivity index (χ3v) is 6.21. The predicted octanol–water partition coefficient (Wildman–Crippen LogP) is 3.15. The maximum atomic E-state index is 13.6. The maximum absolute atomic E-state index is 13.6. The highest BCUT2D eigenvalue weighted by Gasteiger charge is 2.37. The average Bonchev–Trinajstić information content (AvgIpc) is 3.54. The van der Waals surface area contributed by atoms with E-state index in [-0.39, 0.29) is 18.1 Å². The van der Waals surface area contributed by atoms with Gasteiger partial charge in [0, 0.05) is 24.2 Å². The molecule has 0 unspecified atom stereocenters. The van der Waals surface area contributed by atoms with Gasteiger partial charge in [-0.05, 0) is 43.6 Å². The number of rotatable bonds is 5. The zero-order valence-electron chi connectivity index (χ0n) is 17.5. The van der Waals surface area contributed by atoms with Crippen molar-refractivity contribution >= 4 is 5.91 Å². The molecule has 160 valence electrons. The second kappa shape index (κ2) is 8.99. The number of nitrogens with one attached hydrogen (secondary N) is 1. The van der Waals surface area contributed by atoms with Gasteiger partial charge in [0.1, 0.15) is 6.33 Å². The summed E-state index contributed by atoms with van der Waals surface area (Å²) in [6.45, 7) is 4.22. The Balaban J connectivity index is 1.41. The minimum Gasteiger partial charge on any atom is -0.373 e. The van der Waals surface area contributed by atoms with Crippen LogP contribution in [0.1, 0.15) is 34.8 Å². The van der Waals surface area contributed by atoms with Crippen LogP contribution in [0, 0.1) is 0 Å². The van der Waals surface area contributed by atoms with Crippen LogP contribution in [0.15, 0.2) is 60.9 Å². The average molecular weight is 418 g/mol. The molecule has 2 aliphatic rings. The van der Waals surface area contributed by atoms with Gasteiger partial charge >= 0.3 is 0 Å². The molecule has 1 amide bonds. The van der Waals surface area contributed by atoms with Crippen molar-refractivity contribution in [3.8, 4) is 11.4 Å². The van der Waals surface area contributed by atoms with Crippen molar-refractivity contribution in [2.75, 3.05) is 32.8 Å². The third-order valence-electron chi connectivity index (χ3n) is 6.21. The first-order valence-corrected chi connectivity index (χ1v) is 11.0. The van der Waals surface area contributed by atoms with Crippen LogP contribution < -0.4 is 0 Å². The van der Waals surface area contributed by atoms with Crippen LogP contribution in [-0.2, 0) is 4.74 Å². The van der Waals surface area contributed by atoms with Crippen molar-refractivity contribution < 1.29 is 9.53 Å². The van der Waals surface area contributed by atoms with Gasteiger partial charge in [-0.15, -0.1) is 0 Å². The molecule has 0 bridgehead atoms. The van der Waals surface area contributed by atoms with Gasteiger partial charge in [0.25, 0.3) is 5.91 Å². The predicted molar refractivity (Wildman–Crippen MR) is 117 cm³/mol. The molecule has 31 heavy (non-hydrogen) atoms. The number of likely N-dealkylation sites (tertiary alicyclic amines) is 1. The molecule has 1 N–H and O–H groups in total. The molecule has 7 nitrogen and oxygen atoms in total. The zero-order valence-corrected chi connectivity index (χ0v) is 17.5. The van der Waals surface area contributed by atoms with Crippen LogP contribution in [0.5, 0.6) is 0 Å². The minimum atomic E-state index is -0.1000. The molecular weight excluding hydrogens is 390 g/mol. The first kappa shape index (κ1) is 19.9. The summed E-state index contributed by atoms with van der Waals surface area (Å²) in [5.41, 5.74) is 2.70. The van der Waals surface area contributed by atoms with E-state index in [1.54, 1.807) is 0 Å². The smallest absolute Gasteiger partial charge is 0.254 e. The number of aromatic amines is 1. The molecule has 2 fully saturated rings. The Hall–Kier alpha value is -3.03. The summed E-state index contributed by atoms with van der Waals surface area (Å²) in [7, 11) is 0. The van der Waals surface area contributed by atoms with Crippen molar-refractivity contribution in [2.45, 2.75) is 25.0 Å². The Morgan fingerprint density at radius 3 is 2.52 bits per heavy atom. The minimum absolute atomic E-state index is 0.0349. The largest absolute Gasteiger partial charge is 0.373 e. The summed E-state index contributed by atoms with van der Waals surface area (Å²) in [4.78, 5) is 22.2. The molecule has 3 aromatic rings. The van der Waals surface area contributed by atoms with Gasteiger partial charge in [0.15, 0.2) is 5.82 Å². The Bertz CT molecular complexity index is 985. The number of benzene rings is 2. The fourth-order valence-corrected chi connectivity index (χ4v) is 4.66. The fraction of sp³-hybridized carbons (Fsp3) is 0.375. The molecule has 2 atom stereocenters. The molecule has 0 radical (unpaired) electrons. The third kappa shape index (κ3) is 4.24. The molecule has 2 aromatic carbocycles. The van der Waals surface area contributed by atoms with E-state index in [2.05, 4.69) is 32.2 Å². The van der Waals surface area contributed by atoms with Crippen molar-refractivity contribution in [3.63, 3.8) is 0 Å². The molecule has 0 saturated carbocycles. The van der Waals surface area contributed by atoms with E-state index in [4.69, 9.17) is 4.74 Å². The second-order valence-electron chi connectivity index (χ2n) is 8.18. The van der Waals surface area contributed by atoms with E-state index < -0.39 is 0 Å². The molecular formula is C24H27N5O2. The van der Waals surface area contributed by atoms with E-state index in [9.17, 15) is 4.79 Å². The lowest BCUT2D eigenvalue weighted by Crippen LogP contribution is -2.51. The number of nitrogens with zero attached hydrogens (tertiary/aromatic N) is 4. The molecule has 0 aliphatic carbocycles. The zero-order chi connectivity index (χ0) is 21.0. The number of amides is 1. The molecule has 1 aromatic heterocycles. The lowest BCUT2D eigenvalue weighted by molar-refractivity contribution is -0.0707. The van der Waals surface area contributed by atoms with Gasteiger partial charge in [-0.3, -0.25) is 9.89 Å². The highest BCUT2D eigenvalue weighted by Crippen LogP contribution is 2.32. The molecule has 3 heterocycles. The summed E-state index contributed by atoms with van der Waals surface area (Å²) in [5.74, 6) is 0.728. The number of hydrogen-bond donors (Lipinski definition) is 1. The summed E-state index contributed by atoms with van der Waals surface area (Å²) in [6.07, 6.45) is 3.92. The molecule has 0 spiro atoms. The van der Waals surface area contributed by atoms with Crippen molar-refractivity contribution in [1.29, 1.82) is 0 Å². The van der Waals surface area contributed by atoms with Gasteiger partial charge < -0.3 is 14.5 Å². The molecule has 2 saturated heterocycles. The van der Waals surface area contributed by atoms with E-state index in [1.807, 2.05) is 47.4 Å². The number of carbonyl (C=O) groups excluding carboxylic acids is 1. The topological polar surface area (TPSA) is 74.3 Å². The summed E-state index contributed by atoms with van der Waals surface area (Å²) >= 11 is 0. The van der Waals surface area contributed by atoms with Crippen LogP contribution in [-0.4, -0.2) is 69.8 Å². The fourth-order valence-electron chi connectivity index (χ4n) is 4.66. The van der Waals surface area contributed by atoms with E-state index in [0.29, 0.717) is 24.5 Å². The highest BCUT2D eigenvalue weighted by molar-refractivity contribution is 5.95. The second-order valence-corrected chi connectivity index (χ2v) is 8.18. The van der Waals surface area contributed by atoms with Crippen LogP contribution >= 0.6 is 0 Å². The number of ether oxygens (including phenoxy) is 1. The molecule has 5 rings (SSSR count). The lowest BCUT2D eigenvalue weighted by Gasteiger charge is -2.42. The van der Waals surface area contributed by atoms with Crippen molar-refractivity contribution in [2.24, 2.45) is 0 Å². The lowest BCUT2D eigenvalue weighted by atomic mass is 9.96. The summed E-state index contributed by atoms with van der Waals surface area (Å²) in [5, 5.41) is 6.75. The standard InChI is InChI=1S/C24H27N5O2/c30-24(20-10-8-19(9-11-20)23-25-17-26-27-23)29-14-15-31-21(16-28-12-4-5-13-28)22(29)18-6-2-1-3-7-18/h1-3,6-11,17,21-22H,4-5,12-16H2,(H,25,26,27)/t21-,22-/m0/s1. The highest BCUT2D eigenvalue weighted by atomic mass is 16.5. The van der Waals surface area contributed by atoms with Gasteiger partial charge in [-0.1, -0.05) is 42.5 Å². The number of H-pyrrole nitrogens is 1. The number of aromatic nitrogens is 3. The number of carbonyl (C=O) groups is 1. The van der Waals surface area contributed by atoms with Gasteiger partial charge in [0.2, 0.25) is 0 Å². The number of hydrogen-bond acceptors (Lipinski definition) is 5. The quantitative estimate of drug-likeness (QED) is 0.690. The monoisotopic (exact) mass is 417 g/mol. The van der Waals surface area contributed by atoms with Gasteiger partial charge in [-0.2, -0.15) is 5.10 Å². The molecule has 2 aliphatic heterocycles. The van der Waals surface area contributed by atoms with E-state index >= 15 is 0 Å². The first-order valence-electron chi connectivity index (χ1n) is 11.0. The van der Waals surface area contributed by atoms with E-state index in [1.165, 1.54) is 19.2 Å². The Labute approximate surface area is 182 Å². The van der Waals surface area contributed by atoms with Crippen molar-refractivity contribution in [1.82, 2.24) is 25.0 Å². The van der Waals surface area contributed by atoms with Crippen LogP contribution in [0.2, 0.25) is 0 Å². The summed E-state index contributed by atoms with van der Waals surface area (Å²) in [6, 6.07) is 17.7. The van der Waals surface area contributed by atoms with Crippen LogP contribution in [0.25, 0.3) is 11.4 Å². The number of morpholine rings is 1. The van der Waals surface area contributed by atoms with Gasteiger partial charge in [-0.25, -0.2) is 4.98 Å². The van der Waals surface area contributed by atoms with Crippen molar-refractivity contribution in [3.05, 3.63) is 72.1 Å². The SMILES string of the molecule is O=C(c1ccc(-c2ncn[nH]2)cc1)N1CCO[C@@H](CN2CCCC2)[C@@H]1c1ccccc1. The molecule has 7 heteroatoms. The maximum Gasteiger partial charge on any atom is 0.254 e. The Morgan fingerprint density at radius 2 is 1.81 bits per heavy atom. The van der Waals surface area contributed by atoms with E-state index in [0.717, 1.165) is 30.8 Å².